The van der Waals surface area contributed by atoms with Crippen LogP contribution in [0.2, 0.25) is 0 Å². The van der Waals surface area contributed by atoms with E-state index in [1.807, 2.05) is 12.1 Å². The highest BCUT2D eigenvalue weighted by molar-refractivity contribution is 5.97. The molecule has 0 radical (unpaired) electrons. The summed E-state index contributed by atoms with van der Waals surface area (Å²) in [6, 6.07) is 8.80. The molecule has 0 spiro atoms. The molecule has 0 aliphatic carbocycles. The van der Waals surface area contributed by atoms with Crippen LogP contribution in [0.3, 0.4) is 0 Å². The van der Waals surface area contributed by atoms with Crippen LogP contribution in [0.5, 0.6) is 5.75 Å². The lowest BCUT2D eigenvalue weighted by Gasteiger charge is -2.10. The van der Waals surface area contributed by atoms with E-state index in [-0.39, 0.29) is 6.04 Å². The second kappa shape index (κ2) is 8.98. The summed E-state index contributed by atoms with van der Waals surface area (Å²) in [5.74, 6) is 0.579. The molecule has 0 bridgehead atoms. The highest BCUT2D eigenvalue weighted by Crippen LogP contribution is 2.33. The van der Waals surface area contributed by atoms with Crippen LogP contribution in [0.25, 0.3) is 55.8 Å². The number of hydrogen-bond donors (Lipinski definition) is 3. The fourth-order valence-electron chi connectivity index (χ4n) is 4.34. The highest BCUT2D eigenvalue weighted by Gasteiger charge is 2.17. The van der Waals surface area contributed by atoms with Gasteiger partial charge in [-0.15, -0.1) is 0 Å². The van der Waals surface area contributed by atoms with E-state index in [0.717, 1.165) is 27.8 Å². The van der Waals surface area contributed by atoms with Gasteiger partial charge in [-0.3, -0.25) is 20.1 Å². The topological polar surface area (TPSA) is 117 Å². The number of H-pyrrole nitrogens is 2. The third-order valence-corrected chi connectivity index (χ3v) is 5.97. The smallest absolute Gasteiger partial charge is 0.159 e. The van der Waals surface area contributed by atoms with E-state index in [2.05, 4.69) is 49.3 Å². The SMILES string of the molecule is COc1cc(F)cc(-c2cncc3[nH]c(-c4n[nH]c5cnc(-c6cncc(NC(C)C)c6)cc45)nc23)c1. The van der Waals surface area contributed by atoms with Crippen molar-refractivity contribution in [1.29, 1.82) is 0 Å². The van der Waals surface area contributed by atoms with Gasteiger partial charge in [-0.1, -0.05) is 0 Å². The lowest BCUT2D eigenvalue weighted by Crippen LogP contribution is -2.09. The van der Waals surface area contributed by atoms with Crippen LogP contribution in [-0.2, 0) is 0 Å². The average molecular weight is 495 g/mol. The predicted octanol–water partition coefficient (Wildman–Crippen LogP) is 5.59. The van der Waals surface area contributed by atoms with Crippen molar-refractivity contribution in [2.75, 3.05) is 12.4 Å². The first-order chi connectivity index (χ1) is 18.0. The van der Waals surface area contributed by atoms with E-state index >= 15 is 0 Å². The number of ether oxygens (including phenoxy) is 1. The maximum absolute atomic E-state index is 14.2. The summed E-state index contributed by atoms with van der Waals surface area (Å²) in [6.45, 7) is 4.15. The molecule has 0 aliphatic heterocycles. The van der Waals surface area contributed by atoms with E-state index in [0.29, 0.717) is 39.4 Å². The molecular weight excluding hydrogens is 471 g/mol. The summed E-state index contributed by atoms with van der Waals surface area (Å²) < 4.78 is 19.4. The molecule has 0 aliphatic rings. The Morgan fingerprint density at radius 2 is 1.78 bits per heavy atom. The van der Waals surface area contributed by atoms with Gasteiger partial charge in [0.15, 0.2) is 5.82 Å². The third kappa shape index (κ3) is 4.22. The minimum atomic E-state index is -0.400. The Hall–Kier alpha value is -4.86. The van der Waals surface area contributed by atoms with Gasteiger partial charge in [0, 0.05) is 47.2 Å². The number of nitrogens with zero attached hydrogens (tertiary/aromatic N) is 5. The summed E-state index contributed by atoms with van der Waals surface area (Å²) >= 11 is 0. The summed E-state index contributed by atoms with van der Waals surface area (Å²) in [5.41, 5.74) is 6.65. The van der Waals surface area contributed by atoms with Crippen molar-refractivity contribution < 1.29 is 9.13 Å². The molecule has 5 heterocycles. The second-order valence-corrected chi connectivity index (χ2v) is 9.00. The number of nitrogens with one attached hydrogen (secondary N) is 3. The molecule has 184 valence electrons. The Morgan fingerprint density at radius 3 is 2.62 bits per heavy atom. The average Bonchev–Trinajstić information content (AvgIpc) is 3.51. The minimum Gasteiger partial charge on any atom is -0.497 e. The van der Waals surface area contributed by atoms with Gasteiger partial charge in [0.05, 0.1) is 47.4 Å². The van der Waals surface area contributed by atoms with Crippen molar-refractivity contribution in [1.82, 2.24) is 35.1 Å². The van der Waals surface area contributed by atoms with Crippen LogP contribution < -0.4 is 10.1 Å². The van der Waals surface area contributed by atoms with Gasteiger partial charge in [-0.05, 0) is 43.7 Å². The fourth-order valence-corrected chi connectivity index (χ4v) is 4.34. The molecule has 0 saturated heterocycles. The molecule has 0 fully saturated rings. The monoisotopic (exact) mass is 494 g/mol. The fraction of sp³-hybridized carbons (Fsp3) is 0.148. The van der Waals surface area contributed by atoms with Crippen molar-refractivity contribution >= 4 is 27.6 Å². The molecule has 5 aromatic heterocycles. The van der Waals surface area contributed by atoms with E-state index < -0.39 is 5.82 Å². The zero-order chi connectivity index (χ0) is 25.5. The first kappa shape index (κ1) is 22.6. The molecular formula is C27H23FN8O. The van der Waals surface area contributed by atoms with Crippen LogP contribution in [0, 0.1) is 5.82 Å². The van der Waals surface area contributed by atoms with Gasteiger partial charge in [0.2, 0.25) is 0 Å². The second-order valence-electron chi connectivity index (χ2n) is 9.00. The summed E-state index contributed by atoms with van der Waals surface area (Å²) in [7, 11) is 1.50. The molecule has 9 nitrogen and oxygen atoms in total. The van der Waals surface area contributed by atoms with E-state index in [9.17, 15) is 4.39 Å². The number of aromatic nitrogens is 7. The van der Waals surface area contributed by atoms with Gasteiger partial charge >= 0.3 is 0 Å². The van der Waals surface area contributed by atoms with Crippen molar-refractivity contribution in [2.45, 2.75) is 19.9 Å². The number of halogens is 1. The zero-order valence-electron chi connectivity index (χ0n) is 20.4. The Labute approximate surface area is 211 Å². The first-order valence-electron chi connectivity index (χ1n) is 11.7. The van der Waals surface area contributed by atoms with Gasteiger partial charge in [0.25, 0.3) is 0 Å². The van der Waals surface area contributed by atoms with Crippen LogP contribution in [0.15, 0.2) is 61.3 Å². The zero-order valence-corrected chi connectivity index (χ0v) is 20.4. The Balaban J connectivity index is 1.45. The maximum Gasteiger partial charge on any atom is 0.159 e. The molecule has 10 heteroatoms. The summed E-state index contributed by atoms with van der Waals surface area (Å²) in [6.07, 6.45) is 8.67. The van der Waals surface area contributed by atoms with Gasteiger partial charge < -0.3 is 15.0 Å². The first-order valence-corrected chi connectivity index (χ1v) is 11.7. The Morgan fingerprint density at radius 1 is 0.919 bits per heavy atom. The third-order valence-electron chi connectivity index (χ3n) is 5.97. The predicted molar refractivity (Wildman–Crippen MR) is 141 cm³/mol. The molecule has 0 unspecified atom stereocenters. The van der Waals surface area contributed by atoms with Gasteiger partial charge in [-0.2, -0.15) is 5.10 Å². The minimum absolute atomic E-state index is 0.286. The Bertz CT molecular complexity index is 1760. The number of hydrogen-bond acceptors (Lipinski definition) is 7. The standard InChI is InChI=1S/C27H23FN8O/c1-14(2)32-18-5-16(9-29-10-18)22-8-20-23(13-31-22)35-36-26(20)27-33-24-12-30-11-21(25(24)34-27)15-4-17(28)7-19(6-15)37-3/h4-14,32H,1-3H3,(H,33,34)(H,35,36). The molecule has 3 N–H and O–H groups in total. The molecule has 6 aromatic rings. The summed E-state index contributed by atoms with van der Waals surface area (Å²) in [4.78, 5) is 21.4. The lowest BCUT2D eigenvalue weighted by atomic mass is 10.1. The quantitative estimate of drug-likeness (QED) is 0.276. The van der Waals surface area contributed by atoms with Crippen LogP contribution in [0.4, 0.5) is 10.1 Å². The van der Waals surface area contributed by atoms with E-state index in [4.69, 9.17) is 9.72 Å². The normalized spacial score (nSPS) is 11.5. The molecule has 6 rings (SSSR count). The van der Waals surface area contributed by atoms with Crippen molar-refractivity contribution in [3.63, 3.8) is 0 Å². The maximum atomic E-state index is 14.2. The number of fused-ring (bicyclic) bond motifs is 2. The number of benzene rings is 1. The van der Waals surface area contributed by atoms with Gasteiger partial charge in [0.1, 0.15) is 17.3 Å². The number of pyridine rings is 3. The van der Waals surface area contributed by atoms with Crippen molar-refractivity contribution in [3.8, 4) is 39.7 Å². The Kier molecular flexibility index (Phi) is 5.48. The van der Waals surface area contributed by atoms with Gasteiger partial charge in [-0.25, -0.2) is 9.37 Å². The molecule has 1 aromatic carbocycles. The van der Waals surface area contributed by atoms with Crippen molar-refractivity contribution in [3.05, 3.63) is 67.1 Å². The van der Waals surface area contributed by atoms with Crippen LogP contribution in [-0.4, -0.2) is 48.3 Å². The van der Waals surface area contributed by atoms with Crippen LogP contribution in [0.1, 0.15) is 13.8 Å². The molecule has 37 heavy (non-hydrogen) atoms. The van der Waals surface area contributed by atoms with E-state index in [1.54, 1.807) is 37.1 Å². The van der Waals surface area contributed by atoms with E-state index in [1.165, 1.54) is 19.2 Å². The molecule has 0 atom stereocenters. The number of aromatic amines is 2. The molecule has 0 amide bonds. The number of rotatable bonds is 6. The highest BCUT2D eigenvalue weighted by atomic mass is 19.1. The summed E-state index contributed by atoms with van der Waals surface area (Å²) in [5, 5.41) is 11.8. The number of imidazole rings is 1. The lowest BCUT2D eigenvalue weighted by molar-refractivity contribution is 0.411. The largest absolute Gasteiger partial charge is 0.497 e. The number of anilines is 1. The number of methoxy groups -OCH3 is 1. The molecule has 0 saturated carbocycles. The van der Waals surface area contributed by atoms with Crippen LogP contribution >= 0.6 is 0 Å². The van der Waals surface area contributed by atoms with Crippen molar-refractivity contribution in [2.24, 2.45) is 0 Å².